The molecule has 4 nitrogen and oxygen atoms in total. The molecule has 0 saturated carbocycles. The molecule has 1 heterocycles. The molecule has 2 amide bonds. The number of likely N-dealkylation sites (tertiary alicyclic amines) is 1. The van der Waals surface area contributed by atoms with Gasteiger partial charge in [0.15, 0.2) is 0 Å². The van der Waals surface area contributed by atoms with Crippen molar-refractivity contribution >= 4 is 6.03 Å². The first kappa shape index (κ1) is 14.3. The zero-order valence-corrected chi connectivity index (χ0v) is 11.4. The van der Waals surface area contributed by atoms with E-state index >= 15 is 0 Å². The molecule has 17 heavy (non-hydrogen) atoms. The molecule has 1 atom stereocenters. The van der Waals surface area contributed by atoms with E-state index in [-0.39, 0.29) is 12.1 Å². The first-order valence-electron chi connectivity index (χ1n) is 6.75. The maximum absolute atomic E-state index is 12.4. The van der Waals surface area contributed by atoms with Crippen molar-refractivity contribution in [3.05, 3.63) is 0 Å². The third-order valence-corrected chi connectivity index (χ3v) is 3.40. The fourth-order valence-electron chi connectivity index (χ4n) is 2.41. The smallest absolute Gasteiger partial charge is 0.320 e. The van der Waals surface area contributed by atoms with Gasteiger partial charge in [-0.2, -0.15) is 0 Å². The van der Waals surface area contributed by atoms with Crippen LogP contribution in [-0.4, -0.2) is 55.2 Å². The topological polar surface area (TPSA) is 32.8 Å². The molecule has 4 heteroatoms. The van der Waals surface area contributed by atoms with Crippen LogP contribution in [0.1, 0.15) is 39.5 Å². The Labute approximate surface area is 105 Å². The Morgan fingerprint density at radius 1 is 1.29 bits per heavy atom. The van der Waals surface area contributed by atoms with Gasteiger partial charge in [-0.1, -0.05) is 12.8 Å². The third kappa shape index (κ3) is 4.19. The van der Waals surface area contributed by atoms with Crippen molar-refractivity contribution < 1.29 is 9.53 Å². The number of amides is 2. The molecule has 100 valence electrons. The van der Waals surface area contributed by atoms with E-state index in [0.29, 0.717) is 6.61 Å². The summed E-state index contributed by atoms with van der Waals surface area (Å²) in [5.74, 6) is 0. The number of hydrogen-bond donors (Lipinski definition) is 0. The van der Waals surface area contributed by atoms with Gasteiger partial charge in [-0.25, -0.2) is 4.79 Å². The SMILES string of the molecule is CCN(C(=O)N1CCCCCC1)C(C)COC. The zero-order valence-electron chi connectivity index (χ0n) is 11.4. The van der Waals surface area contributed by atoms with E-state index in [2.05, 4.69) is 0 Å². The minimum absolute atomic E-state index is 0.153. The van der Waals surface area contributed by atoms with E-state index in [0.717, 1.165) is 32.5 Å². The van der Waals surface area contributed by atoms with Gasteiger partial charge in [-0.05, 0) is 26.7 Å². The summed E-state index contributed by atoms with van der Waals surface area (Å²) in [7, 11) is 1.68. The normalized spacial score (nSPS) is 18.6. The highest BCUT2D eigenvalue weighted by atomic mass is 16.5. The number of ether oxygens (including phenoxy) is 1. The lowest BCUT2D eigenvalue weighted by Gasteiger charge is -2.33. The Morgan fingerprint density at radius 2 is 1.88 bits per heavy atom. The summed E-state index contributed by atoms with van der Waals surface area (Å²) in [6.45, 7) is 7.25. The average Bonchev–Trinajstić information content (AvgIpc) is 2.58. The van der Waals surface area contributed by atoms with Crippen molar-refractivity contribution in [2.24, 2.45) is 0 Å². The summed E-state index contributed by atoms with van der Waals surface area (Å²) < 4.78 is 5.14. The second-order valence-corrected chi connectivity index (χ2v) is 4.77. The summed E-state index contributed by atoms with van der Waals surface area (Å²) in [6, 6.07) is 0.333. The maximum atomic E-state index is 12.4. The molecule has 0 spiro atoms. The molecule has 0 N–H and O–H groups in total. The van der Waals surface area contributed by atoms with Gasteiger partial charge in [0.1, 0.15) is 0 Å². The predicted molar refractivity (Wildman–Crippen MR) is 69.2 cm³/mol. The van der Waals surface area contributed by atoms with Gasteiger partial charge in [0.2, 0.25) is 0 Å². The van der Waals surface area contributed by atoms with Crippen LogP contribution in [0.15, 0.2) is 0 Å². The predicted octanol–water partition coefficient (Wildman–Crippen LogP) is 2.34. The third-order valence-electron chi connectivity index (χ3n) is 3.40. The van der Waals surface area contributed by atoms with Gasteiger partial charge in [-0.3, -0.25) is 0 Å². The van der Waals surface area contributed by atoms with Crippen molar-refractivity contribution in [3.8, 4) is 0 Å². The highest BCUT2D eigenvalue weighted by molar-refractivity contribution is 5.74. The molecule has 1 aliphatic heterocycles. The second kappa shape index (κ2) is 7.54. The molecule has 0 aliphatic carbocycles. The minimum Gasteiger partial charge on any atom is -0.383 e. The van der Waals surface area contributed by atoms with Gasteiger partial charge >= 0.3 is 6.03 Å². The van der Waals surface area contributed by atoms with Crippen LogP contribution in [0.5, 0.6) is 0 Å². The Kier molecular flexibility index (Phi) is 6.34. The van der Waals surface area contributed by atoms with Crippen molar-refractivity contribution in [2.45, 2.75) is 45.6 Å². The van der Waals surface area contributed by atoms with Gasteiger partial charge in [0.05, 0.1) is 12.6 Å². The Bertz CT molecular complexity index is 225. The van der Waals surface area contributed by atoms with Crippen LogP contribution < -0.4 is 0 Å². The van der Waals surface area contributed by atoms with E-state index in [1.54, 1.807) is 7.11 Å². The van der Waals surface area contributed by atoms with E-state index in [9.17, 15) is 4.79 Å². The van der Waals surface area contributed by atoms with Crippen LogP contribution in [0.4, 0.5) is 4.79 Å². The molecule has 0 radical (unpaired) electrons. The number of rotatable bonds is 4. The highest BCUT2D eigenvalue weighted by Gasteiger charge is 2.24. The Hall–Kier alpha value is -0.770. The molecular formula is C13H26N2O2. The lowest BCUT2D eigenvalue weighted by molar-refractivity contribution is 0.0957. The van der Waals surface area contributed by atoms with Gasteiger partial charge in [-0.15, -0.1) is 0 Å². The molecule has 0 aromatic rings. The largest absolute Gasteiger partial charge is 0.383 e. The number of methoxy groups -OCH3 is 1. The number of hydrogen-bond acceptors (Lipinski definition) is 2. The number of nitrogens with zero attached hydrogens (tertiary/aromatic N) is 2. The highest BCUT2D eigenvalue weighted by Crippen LogP contribution is 2.13. The summed E-state index contributed by atoms with van der Waals surface area (Å²) in [5, 5.41) is 0. The summed E-state index contributed by atoms with van der Waals surface area (Å²) >= 11 is 0. The molecule has 1 fully saturated rings. The van der Waals surface area contributed by atoms with Crippen LogP contribution in [-0.2, 0) is 4.74 Å². The monoisotopic (exact) mass is 242 g/mol. The van der Waals surface area contributed by atoms with Crippen molar-refractivity contribution in [1.29, 1.82) is 0 Å². The summed E-state index contributed by atoms with van der Waals surface area (Å²) in [5.41, 5.74) is 0. The van der Waals surface area contributed by atoms with Gasteiger partial charge in [0.25, 0.3) is 0 Å². The second-order valence-electron chi connectivity index (χ2n) is 4.77. The quantitative estimate of drug-likeness (QED) is 0.758. The first-order valence-corrected chi connectivity index (χ1v) is 6.75. The lowest BCUT2D eigenvalue weighted by Crippen LogP contribution is -2.48. The molecular weight excluding hydrogens is 216 g/mol. The molecule has 0 bridgehead atoms. The molecule has 1 saturated heterocycles. The Morgan fingerprint density at radius 3 is 2.35 bits per heavy atom. The van der Waals surface area contributed by atoms with Crippen LogP contribution in [0.2, 0.25) is 0 Å². The molecule has 0 aromatic carbocycles. The van der Waals surface area contributed by atoms with Crippen LogP contribution in [0.3, 0.4) is 0 Å². The van der Waals surface area contributed by atoms with Crippen molar-refractivity contribution in [1.82, 2.24) is 9.80 Å². The van der Waals surface area contributed by atoms with Crippen LogP contribution in [0, 0.1) is 0 Å². The van der Waals surface area contributed by atoms with Gasteiger partial charge < -0.3 is 14.5 Å². The summed E-state index contributed by atoms with van der Waals surface area (Å²) in [4.78, 5) is 16.3. The number of urea groups is 1. The number of likely N-dealkylation sites (N-methyl/N-ethyl adjacent to an activating group) is 1. The zero-order chi connectivity index (χ0) is 12.7. The van der Waals surface area contributed by atoms with Crippen LogP contribution in [0.25, 0.3) is 0 Å². The van der Waals surface area contributed by atoms with E-state index in [1.165, 1.54) is 12.8 Å². The van der Waals surface area contributed by atoms with E-state index < -0.39 is 0 Å². The summed E-state index contributed by atoms with van der Waals surface area (Å²) in [6.07, 6.45) is 4.79. The standard InChI is InChI=1S/C13H26N2O2/c1-4-15(12(2)11-17-3)13(16)14-9-7-5-6-8-10-14/h12H,4-11H2,1-3H3. The van der Waals surface area contributed by atoms with E-state index in [1.807, 2.05) is 23.6 Å². The van der Waals surface area contributed by atoms with Crippen LogP contribution >= 0.6 is 0 Å². The van der Waals surface area contributed by atoms with Gasteiger partial charge in [0, 0.05) is 26.7 Å². The fourth-order valence-corrected chi connectivity index (χ4v) is 2.41. The fraction of sp³-hybridized carbons (Fsp3) is 0.923. The van der Waals surface area contributed by atoms with E-state index in [4.69, 9.17) is 4.74 Å². The Balaban J connectivity index is 2.57. The molecule has 1 unspecified atom stereocenters. The molecule has 1 aliphatic rings. The first-order chi connectivity index (χ1) is 8.20. The van der Waals surface area contributed by atoms with Crippen molar-refractivity contribution in [2.75, 3.05) is 33.4 Å². The molecule has 0 aromatic heterocycles. The molecule has 1 rings (SSSR count). The lowest BCUT2D eigenvalue weighted by atomic mass is 10.2. The van der Waals surface area contributed by atoms with Crippen molar-refractivity contribution in [3.63, 3.8) is 0 Å². The minimum atomic E-state index is 0.153. The average molecular weight is 242 g/mol. The number of carbonyl (C=O) groups is 1. The number of carbonyl (C=O) groups excluding carboxylic acids is 1. The maximum Gasteiger partial charge on any atom is 0.320 e.